The minimum absolute atomic E-state index is 0.817. The summed E-state index contributed by atoms with van der Waals surface area (Å²) in [4.78, 5) is 0. The van der Waals surface area contributed by atoms with Crippen LogP contribution in [0.5, 0.6) is 0 Å². The molecule has 39 heavy (non-hydrogen) atoms. The molecule has 182 valence electrons. The van der Waals surface area contributed by atoms with Crippen molar-refractivity contribution >= 4 is 55.8 Å². The molecule has 0 N–H and O–H groups in total. The van der Waals surface area contributed by atoms with Crippen molar-refractivity contribution in [3.8, 4) is 27.9 Å². The van der Waals surface area contributed by atoms with Crippen molar-refractivity contribution in [1.82, 2.24) is 4.57 Å². The number of nitrogens with zero attached hydrogens (tertiary/aromatic N) is 1. The van der Waals surface area contributed by atoms with Crippen molar-refractivity contribution in [1.29, 1.82) is 0 Å². The zero-order valence-corrected chi connectivity index (χ0v) is 21.8. The molecule has 2 bridgehead atoms. The monoisotopic (exact) mass is 515 g/mol. The highest BCUT2D eigenvalue weighted by molar-refractivity contribution is 6.33. The Balaban J connectivity index is 1.48. The third-order valence-corrected chi connectivity index (χ3v) is 8.94. The van der Waals surface area contributed by atoms with Crippen molar-refractivity contribution in [3.63, 3.8) is 0 Å². The highest BCUT2D eigenvalue weighted by Gasteiger charge is 2.28. The smallest absolute Gasteiger partial charge is 0.0547 e. The average molecular weight is 516 g/mol. The minimum atomic E-state index is 0.817. The lowest BCUT2D eigenvalue weighted by atomic mass is 9.79. The molecule has 2 heteroatoms. The second kappa shape index (κ2) is 7.72. The first-order chi connectivity index (χ1) is 19.3. The number of allylic oxidation sites excluding steroid dienone is 1. The fourth-order valence-electron chi connectivity index (χ4n) is 7.02. The van der Waals surface area contributed by atoms with E-state index in [0.29, 0.717) is 0 Å². The fraction of sp³-hybridized carbons (Fsp3) is 0.0270. The maximum atomic E-state index is 6.90. The van der Waals surface area contributed by atoms with Gasteiger partial charge in [0, 0.05) is 27.0 Å². The van der Waals surface area contributed by atoms with Gasteiger partial charge in [-0.15, -0.1) is 0 Å². The summed E-state index contributed by atoms with van der Waals surface area (Å²) < 4.78 is 2.44. The Bertz CT molecular complexity index is 2210. The van der Waals surface area contributed by atoms with Gasteiger partial charge >= 0.3 is 0 Å². The van der Waals surface area contributed by atoms with E-state index in [1.54, 1.807) is 0 Å². The lowest BCUT2D eigenvalue weighted by Crippen LogP contribution is -2.05. The molecule has 0 spiro atoms. The van der Waals surface area contributed by atoms with Crippen molar-refractivity contribution in [2.45, 2.75) is 6.42 Å². The quantitative estimate of drug-likeness (QED) is 0.205. The van der Waals surface area contributed by atoms with Gasteiger partial charge in [0.15, 0.2) is 0 Å². The molecule has 1 nitrogen and oxygen atoms in total. The molecule has 0 atom stereocenters. The molecule has 2 aliphatic carbocycles. The van der Waals surface area contributed by atoms with Gasteiger partial charge in [0.25, 0.3) is 0 Å². The summed E-state index contributed by atoms with van der Waals surface area (Å²) >= 11 is 6.90. The van der Waals surface area contributed by atoms with Crippen LogP contribution in [-0.2, 0) is 6.42 Å². The van der Waals surface area contributed by atoms with E-state index in [1.165, 1.54) is 77.2 Å². The summed E-state index contributed by atoms with van der Waals surface area (Å²) in [6.45, 7) is 0. The van der Waals surface area contributed by atoms with Gasteiger partial charge in [-0.1, -0.05) is 103 Å². The van der Waals surface area contributed by atoms with Crippen LogP contribution in [0.4, 0.5) is 0 Å². The van der Waals surface area contributed by atoms with E-state index in [2.05, 4.69) is 120 Å². The zero-order chi connectivity index (χ0) is 25.7. The summed E-state index contributed by atoms with van der Waals surface area (Å²) in [6.07, 6.45) is 3.25. The van der Waals surface area contributed by atoms with E-state index in [-0.39, 0.29) is 0 Å². The maximum Gasteiger partial charge on any atom is 0.0547 e. The molecule has 1 heterocycles. The van der Waals surface area contributed by atoms with Crippen molar-refractivity contribution < 1.29 is 0 Å². The van der Waals surface area contributed by atoms with Crippen LogP contribution in [0.3, 0.4) is 0 Å². The Morgan fingerprint density at radius 2 is 1.26 bits per heavy atom. The van der Waals surface area contributed by atoms with Gasteiger partial charge in [-0.3, -0.25) is 0 Å². The predicted octanol–water partition coefficient (Wildman–Crippen LogP) is 10.3. The molecule has 0 aliphatic heterocycles. The van der Waals surface area contributed by atoms with Crippen molar-refractivity contribution in [3.05, 3.63) is 137 Å². The van der Waals surface area contributed by atoms with Gasteiger partial charge in [0.1, 0.15) is 0 Å². The molecule has 0 saturated carbocycles. The summed E-state index contributed by atoms with van der Waals surface area (Å²) in [5.74, 6) is 0. The molecule has 1 aromatic heterocycles. The van der Waals surface area contributed by atoms with Crippen LogP contribution >= 0.6 is 11.6 Å². The van der Waals surface area contributed by atoms with Gasteiger partial charge in [0.05, 0.1) is 11.0 Å². The van der Waals surface area contributed by atoms with Crippen LogP contribution in [0.15, 0.2) is 115 Å². The van der Waals surface area contributed by atoms with Crippen LogP contribution in [0, 0.1) is 0 Å². The number of rotatable bonds is 1. The van der Waals surface area contributed by atoms with Crippen molar-refractivity contribution in [2.24, 2.45) is 0 Å². The van der Waals surface area contributed by atoms with Crippen LogP contribution in [0.25, 0.3) is 72.2 Å². The average Bonchev–Trinajstić information content (AvgIpc) is 3.34. The van der Waals surface area contributed by atoms with Crippen LogP contribution in [0.2, 0.25) is 5.02 Å². The largest absolute Gasteiger partial charge is 0.309 e. The third kappa shape index (κ3) is 2.86. The standard InChI is InChI=1S/C37H22ClN/c38-32-14-5-12-29-27-10-4-11-28-30-13-6-16-34-37(30)36-24(19-25(35(29)32)21-31(27)28)9-3-15-33(36)39(34)26-18-17-22-7-1-2-8-23(22)20-26/h1-20H,21H2/b25-19-. The highest BCUT2D eigenvalue weighted by Crippen LogP contribution is 2.50. The first-order valence-corrected chi connectivity index (χ1v) is 13.8. The first-order valence-electron chi connectivity index (χ1n) is 13.4. The number of halogens is 1. The summed E-state index contributed by atoms with van der Waals surface area (Å²) in [5.41, 5.74) is 13.8. The molecule has 2 aliphatic rings. The fourth-order valence-corrected chi connectivity index (χ4v) is 7.32. The van der Waals surface area contributed by atoms with E-state index < -0.39 is 0 Å². The molecule has 0 amide bonds. The van der Waals surface area contributed by atoms with Gasteiger partial charge in [-0.2, -0.15) is 0 Å². The summed E-state index contributed by atoms with van der Waals surface area (Å²) in [5, 5.41) is 5.92. The Kier molecular flexibility index (Phi) is 4.23. The lowest BCUT2D eigenvalue weighted by Gasteiger charge is -2.26. The summed E-state index contributed by atoms with van der Waals surface area (Å²) in [6, 6.07) is 42.0. The molecule has 0 radical (unpaired) electrons. The van der Waals surface area contributed by atoms with E-state index in [1.807, 2.05) is 6.07 Å². The normalized spacial score (nSPS) is 14.6. The Labute approximate surface area is 231 Å². The van der Waals surface area contributed by atoms with Crippen molar-refractivity contribution in [2.75, 3.05) is 0 Å². The first kappa shape index (κ1) is 21.4. The van der Waals surface area contributed by atoms with E-state index in [0.717, 1.165) is 17.0 Å². The van der Waals surface area contributed by atoms with Gasteiger partial charge < -0.3 is 4.57 Å². The molecular formula is C37H22ClN. The second-order valence-corrected chi connectivity index (χ2v) is 11.1. The molecule has 0 fully saturated rings. The Morgan fingerprint density at radius 3 is 2.15 bits per heavy atom. The Hall–Kier alpha value is -4.59. The van der Waals surface area contributed by atoms with E-state index in [4.69, 9.17) is 11.6 Å². The predicted molar refractivity (Wildman–Crippen MR) is 166 cm³/mol. The summed E-state index contributed by atoms with van der Waals surface area (Å²) in [7, 11) is 0. The van der Waals surface area contributed by atoms with Gasteiger partial charge in [0.2, 0.25) is 0 Å². The van der Waals surface area contributed by atoms with E-state index in [9.17, 15) is 0 Å². The second-order valence-electron chi connectivity index (χ2n) is 10.6. The number of fused-ring (bicyclic) bond motifs is 6. The molecular weight excluding hydrogens is 494 g/mol. The number of hydrogen-bond acceptors (Lipinski definition) is 0. The Morgan fingerprint density at radius 1 is 0.564 bits per heavy atom. The lowest BCUT2D eigenvalue weighted by molar-refractivity contribution is 1.18. The van der Waals surface area contributed by atoms with Crippen LogP contribution in [-0.4, -0.2) is 4.57 Å². The highest BCUT2D eigenvalue weighted by atomic mass is 35.5. The van der Waals surface area contributed by atoms with Gasteiger partial charge in [-0.05, 0) is 86.5 Å². The molecule has 0 unspecified atom stereocenters. The molecule has 9 rings (SSSR count). The number of benzene rings is 6. The van der Waals surface area contributed by atoms with E-state index >= 15 is 0 Å². The number of hydrogen-bond donors (Lipinski definition) is 0. The van der Waals surface area contributed by atoms with Crippen LogP contribution < -0.4 is 0 Å². The van der Waals surface area contributed by atoms with Gasteiger partial charge in [-0.25, -0.2) is 0 Å². The SMILES string of the molecule is Clc1cccc2c1/C1=C\c3cccc4c3c3c(cccc3n4-c3ccc4ccccc4c3)-c3cccc-2c3C1. The molecule has 6 aromatic carbocycles. The van der Waals surface area contributed by atoms with Crippen LogP contribution in [0.1, 0.15) is 16.7 Å². The molecule has 7 aromatic rings. The maximum absolute atomic E-state index is 6.90. The zero-order valence-electron chi connectivity index (χ0n) is 21.1. The topological polar surface area (TPSA) is 4.93 Å². The number of aromatic nitrogens is 1. The minimum Gasteiger partial charge on any atom is -0.309 e. The third-order valence-electron chi connectivity index (χ3n) is 8.63. The molecule has 0 saturated heterocycles.